The second-order valence-corrected chi connectivity index (χ2v) is 3.48. The third-order valence-corrected chi connectivity index (χ3v) is 2.29. The molecule has 2 atom stereocenters. The lowest BCUT2D eigenvalue weighted by atomic mass is 9.94. The molecular weight excluding hydrogens is 156 g/mol. The molecular formula is C9H16O3. The van der Waals surface area contributed by atoms with Crippen LogP contribution in [0.4, 0.5) is 0 Å². The minimum Gasteiger partial charge on any atom is -0.490 e. The van der Waals surface area contributed by atoms with Gasteiger partial charge in [0.2, 0.25) is 0 Å². The fourth-order valence-corrected chi connectivity index (χ4v) is 1.23. The fraction of sp³-hybridized carbons (Fsp3) is 0.778. The quantitative estimate of drug-likeness (QED) is 0.640. The van der Waals surface area contributed by atoms with E-state index in [1.165, 1.54) is 12.7 Å². The summed E-state index contributed by atoms with van der Waals surface area (Å²) in [6.07, 6.45) is 2.61. The van der Waals surface area contributed by atoms with Crippen molar-refractivity contribution in [2.45, 2.75) is 38.6 Å². The monoisotopic (exact) mass is 172 g/mol. The molecule has 0 saturated carbocycles. The van der Waals surface area contributed by atoms with Crippen LogP contribution in [0.1, 0.15) is 26.7 Å². The Morgan fingerprint density at radius 2 is 2.42 bits per heavy atom. The molecule has 1 heterocycles. The average Bonchev–Trinajstić information content (AvgIpc) is 2.09. The number of methoxy groups -OCH3 is 1. The Morgan fingerprint density at radius 1 is 1.75 bits per heavy atom. The Bertz CT molecular complexity index is 188. The molecule has 0 aliphatic carbocycles. The molecule has 1 rings (SSSR count). The van der Waals surface area contributed by atoms with E-state index in [0.29, 0.717) is 0 Å². The molecule has 0 amide bonds. The van der Waals surface area contributed by atoms with Gasteiger partial charge in [-0.05, 0) is 32.3 Å². The summed E-state index contributed by atoms with van der Waals surface area (Å²) in [5.74, 6) is 0. The van der Waals surface area contributed by atoms with Gasteiger partial charge in [0.1, 0.15) is 0 Å². The zero-order valence-corrected chi connectivity index (χ0v) is 7.83. The van der Waals surface area contributed by atoms with Crippen LogP contribution >= 0.6 is 0 Å². The van der Waals surface area contributed by atoms with Gasteiger partial charge in [0.05, 0.1) is 6.26 Å². The van der Waals surface area contributed by atoms with Gasteiger partial charge < -0.3 is 14.6 Å². The van der Waals surface area contributed by atoms with E-state index in [-0.39, 0.29) is 0 Å². The molecule has 3 nitrogen and oxygen atoms in total. The predicted molar refractivity (Wildman–Crippen MR) is 45.5 cm³/mol. The normalized spacial score (nSPS) is 32.2. The van der Waals surface area contributed by atoms with Crippen molar-refractivity contribution in [3.63, 3.8) is 0 Å². The molecule has 1 aliphatic heterocycles. The second-order valence-electron chi connectivity index (χ2n) is 3.48. The SMILES string of the molecule is COC(O)C1(C)CCC(C)=CO1. The summed E-state index contributed by atoms with van der Waals surface area (Å²) >= 11 is 0. The number of ether oxygens (including phenoxy) is 2. The molecule has 3 heteroatoms. The van der Waals surface area contributed by atoms with Gasteiger partial charge in [-0.15, -0.1) is 0 Å². The van der Waals surface area contributed by atoms with Crippen molar-refractivity contribution in [1.29, 1.82) is 0 Å². The molecule has 0 aromatic heterocycles. The lowest BCUT2D eigenvalue weighted by molar-refractivity contribution is -0.201. The Hall–Kier alpha value is -0.540. The highest BCUT2D eigenvalue weighted by Crippen LogP contribution is 2.29. The second kappa shape index (κ2) is 3.46. The lowest BCUT2D eigenvalue weighted by Crippen LogP contribution is -2.43. The maximum absolute atomic E-state index is 9.45. The third-order valence-electron chi connectivity index (χ3n) is 2.29. The van der Waals surface area contributed by atoms with Gasteiger partial charge in [0.25, 0.3) is 0 Å². The van der Waals surface area contributed by atoms with Gasteiger partial charge in [-0.1, -0.05) is 0 Å². The first-order chi connectivity index (χ1) is 5.58. The summed E-state index contributed by atoms with van der Waals surface area (Å²) in [6.45, 7) is 3.86. The Kier molecular flexibility index (Phi) is 2.75. The first-order valence-electron chi connectivity index (χ1n) is 4.13. The number of allylic oxidation sites excluding steroid dienone is 1. The van der Waals surface area contributed by atoms with Crippen molar-refractivity contribution in [1.82, 2.24) is 0 Å². The van der Waals surface area contributed by atoms with Crippen LogP contribution in [0.25, 0.3) is 0 Å². The lowest BCUT2D eigenvalue weighted by Gasteiger charge is -2.35. The summed E-state index contributed by atoms with van der Waals surface area (Å²) in [4.78, 5) is 0. The molecule has 0 aromatic rings. The predicted octanol–water partition coefficient (Wildman–Crippen LogP) is 1.42. The van der Waals surface area contributed by atoms with Gasteiger partial charge >= 0.3 is 0 Å². The van der Waals surface area contributed by atoms with Gasteiger partial charge in [-0.3, -0.25) is 0 Å². The van der Waals surface area contributed by atoms with E-state index in [0.717, 1.165) is 12.8 Å². The maximum Gasteiger partial charge on any atom is 0.194 e. The van der Waals surface area contributed by atoms with Crippen molar-refractivity contribution in [3.05, 3.63) is 11.8 Å². The zero-order chi connectivity index (χ0) is 9.19. The van der Waals surface area contributed by atoms with Gasteiger partial charge in [0.15, 0.2) is 11.9 Å². The van der Waals surface area contributed by atoms with Gasteiger partial charge in [0, 0.05) is 7.11 Å². The Labute approximate surface area is 73.0 Å². The van der Waals surface area contributed by atoms with Crippen LogP contribution < -0.4 is 0 Å². The van der Waals surface area contributed by atoms with Crippen LogP contribution in [0.5, 0.6) is 0 Å². The molecule has 2 unspecified atom stereocenters. The minimum atomic E-state index is -0.846. The molecule has 0 aromatic carbocycles. The molecule has 0 saturated heterocycles. The van der Waals surface area contributed by atoms with Gasteiger partial charge in [-0.25, -0.2) is 0 Å². The Balaban J connectivity index is 2.63. The average molecular weight is 172 g/mol. The summed E-state index contributed by atoms with van der Waals surface area (Å²) in [6, 6.07) is 0. The summed E-state index contributed by atoms with van der Waals surface area (Å²) in [5.41, 5.74) is 0.629. The Morgan fingerprint density at radius 3 is 2.83 bits per heavy atom. The van der Waals surface area contributed by atoms with Crippen LogP contribution in [0.2, 0.25) is 0 Å². The summed E-state index contributed by atoms with van der Waals surface area (Å²) in [5, 5.41) is 9.45. The zero-order valence-electron chi connectivity index (χ0n) is 7.83. The van der Waals surface area contributed by atoms with Crippen LogP contribution in [-0.4, -0.2) is 24.1 Å². The van der Waals surface area contributed by atoms with Crippen LogP contribution in [0.3, 0.4) is 0 Å². The van der Waals surface area contributed by atoms with Crippen molar-refractivity contribution in [2.75, 3.05) is 7.11 Å². The fourth-order valence-electron chi connectivity index (χ4n) is 1.23. The highest BCUT2D eigenvalue weighted by molar-refractivity contribution is 5.01. The molecule has 70 valence electrons. The molecule has 12 heavy (non-hydrogen) atoms. The first-order valence-corrected chi connectivity index (χ1v) is 4.13. The standard InChI is InChI=1S/C9H16O3/c1-7-4-5-9(2,12-6-7)8(10)11-3/h6,8,10H,4-5H2,1-3H3. The highest BCUT2D eigenvalue weighted by atomic mass is 16.6. The molecule has 0 fully saturated rings. The van der Waals surface area contributed by atoms with Gasteiger partial charge in [-0.2, -0.15) is 0 Å². The van der Waals surface area contributed by atoms with E-state index in [4.69, 9.17) is 9.47 Å². The molecule has 1 N–H and O–H groups in total. The number of hydrogen-bond acceptors (Lipinski definition) is 3. The third kappa shape index (κ3) is 1.79. The topological polar surface area (TPSA) is 38.7 Å². The molecule has 1 aliphatic rings. The van der Waals surface area contributed by atoms with Crippen molar-refractivity contribution in [2.24, 2.45) is 0 Å². The highest BCUT2D eigenvalue weighted by Gasteiger charge is 2.36. The smallest absolute Gasteiger partial charge is 0.194 e. The van der Waals surface area contributed by atoms with E-state index in [2.05, 4.69) is 0 Å². The van der Waals surface area contributed by atoms with Crippen LogP contribution in [0.15, 0.2) is 11.8 Å². The number of hydrogen-bond donors (Lipinski definition) is 1. The minimum absolute atomic E-state index is 0.575. The van der Waals surface area contributed by atoms with E-state index >= 15 is 0 Å². The molecule has 0 radical (unpaired) electrons. The van der Waals surface area contributed by atoms with Crippen LogP contribution in [-0.2, 0) is 9.47 Å². The van der Waals surface area contributed by atoms with Crippen molar-refractivity contribution >= 4 is 0 Å². The summed E-state index contributed by atoms with van der Waals surface area (Å²) in [7, 11) is 1.48. The number of rotatable bonds is 2. The largest absolute Gasteiger partial charge is 0.490 e. The maximum atomic E-state index is 9.45. The van der Waals surface area contributed by atoms with E-state index in [9.17, 15) is 5.11 Å². The van der Waals surface area contributed by atoms with Crippen molar-refractivity contribution in [3.8, 4) is 0 Å². The van der Waals surface area contributed by atoms with E-state index in [1.54, 1.807) is 6.26 Å². The van der Waals surface area contributed by atoms with Crippen LogP contribution in [0, 0.1) is 0 Å². The number of aliphatic hydroxyl groups is 1. The molecule has 0 bridgehead atoms. The van der Waals surface area contributed by atoms with E-state index < -0.39 is 11.9 Å². The number of aliphatic hydroxyl groups excluding tert-OH is 1. The van der Waals surface area contributed by atoms with Crippen molar-refractivity contribution < 1.29 is 14.6 Å². The molecule has 0 spiro atoms. The summed E-state index contributed by atoms with van der Waals surface area (Å²) < 4.78 is 10.2. The first kappa shape index (κ1) is 9.55. The van der Waals surface area contributed by atoms with E-state index in [1.807, 2.05) is 13.8 Å².